The van der Waals surface area contributed by atoms with Gasteiger partial charge in [-0.1, -0.05) is 62.4 Å². The van der Waals surface area contributed by atoms with E-state index in [2.05, 4.69) is 117 Å². The molecule has 0 amide bonds. The van der Waals surface area contributed by atoms with Crippen LogP contribution in [0.3, 0.4) is 0 Å². The number of methoxy groups -OCH3 is 2. The Hall–Kier alpha value is -4.92. The maximum atomic E-state index is 5.84. The van der Waals surface area contributed by atoms with Crippen LogP contribution >= 0.6 is 0 Å². The fraction of sp³-hybridized carbons (Fsp3) is 0.135. The number of rotatable bonds is 3. The lowest BCUT2D eigenvalue weighted by molar-refractivity contribution is 0.362. The van der Waals surface area contributed by atoms with E-state index in [0.717, 1.165) is 54.6 Å². The van der Waals surface area contributed by atoms with Crippen LogP contribution in [0.25, 0.3) is 64.6 Å². The van der Waals surface area contributed by atoms with Crippen LogP contribution in [0, 0.1) is 24.3 Å². The van der Waals surface area contributed by atoms with E-state index in [0.29, 0.717) is 5.92 Å². The van der Waals surface area contributed by atoms with Crippen molar-refractivity contribution in [2.45, 2.75) is 19.8 Å². The number of ether oxygens (including phenoxy) is 2. The van der Waals surface area contributed by atoms with Crippen molar-refractivity contribution in [1.29, 1.82) is 0 Å². The number of hydrogen-bond acceptors (Lipinski definition) is 2. The van der Waals surface area contributed by atoms with Gasteiger partial charge in [-0.05, 0) is 98.4 Å². The van der Waals surface area contributed by atoms with Crippen molar-refractivity contribution in [2.75, 3.05) is 14.2 Å². The Morgan fingerprint density at radius 3 is 1.41 bits per heavy atom. The summed E-state index contributed by atoms with van der Waals surface area (Å²) in [5.41, 5.74) is 1.34. The molecule has 2 nitrogen and oxygen atoms in total. The lowest BCUT2D eigenvalue weighted by atomic mass is 9.88. The standard InChI is InChI=1S/C37H26O2/c1-22(2)35-27-9-5-7-25-15-11-23-13-17-29-33(19-23)34-20-24(14-18-30(34)37(39-4)36(29)38-3)12-16-26-8-6-10-28(35)32(26)21-31(25)27/h5-10,13-14,17-22H,1-4H3. The molecule has 0 radical (unpaired) electrons. The zero-order valence-corrected chi connectivity index (χ0v) is 22.4. The van der Waals surface area contributed by atoms with Gasteiger partial charge in [0.15, 0.2) is 11.5 Å². The van der Waals surface area contributed by atoms with Crippen molar-refractivity contribution >= 4 is 64.6 Å². The predicted octanol–water partition coefficient (Wildman–Crippen LogP) is 9.51. The second-order valence-corrected chi connectivity index (χ2v) is 10.3. The van der Waals surface area contributed by atoms with Gasteiger partial charge in [-0.15, -0.1) is 0 Å². The van der Waals surface area contributed by atoms with Crippen LogP contribution in [0.15, 0.2) is 78.9 Å². The molecule has 7 rings (SSSR count). The lowest BCUT2D eigenvalue weighted by Gasteiger charge is -2.15. The molecule has 0 heterocycles. The topological polar surface area (TPSA) is 18.5 Å². The summed E-state index contributed by atoms with van der Waals surface area (Å²) >= 11 is 0. The highest BCUT2D eigenvalue weighted by Crippen LogP contribution is 2.44. The monoisotopic (exact) mass is 502 g/mol. The Kier molecular flexibility index (Phi) is 5.26. The first-order valence-electron chi connectivity index (χ1n) is 13.2. The van der Waals surface area contributed by atoms with Gasteiger partial charge in [0.2, 0.25) is 0 Å². The van der Waals surface area contributed by atoms with Crippen LogP contribution < -0.4 is 9.47 Å². The minimum atomic E-state index is 0.356. The van der Waals surface area contributed by atoms with Gasteiger partial charge in [0.1, 0.15) is 0 Å². The second kappa shape index (κ2) is 8.83. The first-order chi connectivity index (χ1) is 19.1. The van der Waals surface area contributed by atoms with E-state index in [1.54, 1.807) is 14.2 Å². The molecule has 2 heteroatoms. The summed E-state index contributed by atoms with van der Waals surface area (Å²) in [7, 11) is 3.37. The van der Waals surface area contributed by atoms with Crippen LogP contribution in [0.5, 0.6) is 11.5 Å². The maximum Gasteiger partial charge on any atom is 0.169 e. The number of hydrogen-bond donors (Lipinski definition) is 0. The number of fused-ring (bicyclic) bond motifs is 2. The fourth-order valence-electron chi connectivity index (χ4n) is 6.06. The Labute approximate surface area is 228 Å². The summed E-state index contributed by atoms with van der Waals surface area (Å²) in [4.78, 5) is 0. The molecule has 186 valence electrons. The Morgan fingerprint density at radius 1 is 0.487 bits per heavy atom. The van der Waals surface area contributed by atoms with Gasteiger partial charge < -0.3 is 9.47 Å². The molecule has 7 aromatic carbocycles. The van der Waals surface area contributed by atoms with Crippen LogP contribution in [-0.4, -0.2) is 14.2 Å². The average molecular weight is 503 g/mol. The van der Waals surface area contributed by atoms with Gasteiger partial charge in [0.25, 0.3) is 0 Å². The molecule has 6 bridgehead atoms. The Morgan fingerprint density at radius 2 is 0.974 bits per heavy atom. The van der Waals surface area contributed by atoms with E-state index in [4.69, 9.17) is 9.47 Å². The van der Waals surface area contributed by atoms with Crippen molar-refractivity contribution in [3.05, 3.63) is 109 Å². The zero-order valence-electron chi connectivity index (χ0n) is 22.4. The first-order valence-corrected chi connectivity index (χ1v) is 13.2. The summed E-state index contributed by atoms with van der Waals surface area (Å²) in [6.45, 7) is 4.52. The molecule has 0 aromatic heterocycles. The first kappa shape index (κ1) is 23.2. The molecule has 0 saturated carbocycles. The quantitative estimate of drug-likeness (QED) is 0.177. The van der Waals surface area contributed by atoms with E-state index in [1.807, 2.05) is 0 Å². The summed E-state index contributed by atoms with van der Waals surface area (Å²) in [5, 5.41) is 12.9. The Balaban J connectivity index is 1.73. The van der Waals surface area contributed by atoms with Crippen molar-refractivity contribution in [2.24, 2.45) is 0 Å². The van der Waals surface area contributed by atoms with E-state index >= 15 is 0 Å². The zero-order chi connectivity index (χ0) is 26.7. The fourth-order valence-corrected chi connectivity index (χ4v) is 6.06. The molecular weight excluding hydrogens is 476 g/mol. The van der Waals surface area contributed by atoms with Gasteiger partial charge in [-0.2, -0.15) is 0 Å². The molecule has 7 aromatic rings. The Bertz CT molecular complexity index is 1970. The van der Waals surface area contributed by atoms with Gasteiger partial charge in [-0.25, -0.2) is 0 Å². The highest BCUT2D eigenvalue weighted by Gasteiger charge is 2.16. The molecule has 0 saturated heterocycles. The third kappa shape index (κ3) is 3.53. The van der Waals surface area contributed by atoms with Crippen LogP contribution in [0.1, 0.15) is 25.3 Å². The lowest BCUT2D eigenvalue weighted by Crippen LogP contribution is -1.94. The third-order valence-corrected chi connectivity index (χ3v) is 7.77. The highest BCUT2D eigenvalue weighted by molar-refractivity contribution is 6.16. The molecule has 39 heavy (non-hydrogen) atoms. The van der Waals surface area contributed by atoms with E-state index < -0.39 is 0 Å². The van der Waals surface area contributed by atoms with Crippen molar-refractivity contribution in [3.63, 3.8) is 0 Å². The van der Waals surface area contributed by atoms with Gasteiger partial charge in [0, 0.05) is 32.3 Å². The van der Waals surface area contributed by atoms with Crippen molar-refractivity contribution in [1.82, 2.24) is 0 Å². The highest BCUT2D eigenvalue weighted by atomic mass is 16.5. The molecule has 0 unspecified atom stereocenters. The summed E-state index contributed by atoms with van der Waals surface area (Å²) < 4.78 is 11.7. The van der Waals surface area contributed by atoms with Crippen LogP contribution in [0.2, 0.25) is 0 Å². The van der Waals surface area contributed by atoms with E-state index in [-0.39, 0.29) is 0 Å². The molecule has 0 N–H and O–H groups in total. The smallest absolute Gasteiger partial charge is 0.169 e. The van der Waals surface area contributed by atoms with Crippen molar-refractivity contribution < 1.29 is 9.47 Å². The van der Waals surface area contributed by atoms with Gasteiger partial charge in [0.05, 0.1) is 14.2 Å². The molecule has 0 fully saturated rings. The van der Waals surface area contributed by atoms with Crippen LogP contribution in [0.4, 0.5) is 0 Å². The molecule has 0 spiro atoms. The van der Waals surface area contributed by atoms with Gasteiger partial charge >= 0.3 is 0 Å². The van der Waals surface area contributed by atoms with E-state index in [9.17, 15) is 0 Å². The minimum absolute atomic E-state index is 0.356. The third-order valence-electron chi connectivity index (χ3n) is 7.77. The maximum absolute atomic E-state index is 5.84. The van der Waals surface area contributed by atoms with Crippen molar-refractivity contribution in [3.8, 4) is 11.5 Å². The summed E-state index contributed by atoms with van der Waals surface area (Å²) in [6, 6.07) is 41.7. The van der Waals surface area contributed by atoms with E-state index in [1.165, 1.54) is 27.1 Å². The second-order valence-electron chi connectivity index (χ2n) is 10.3. The minimum Gasteiger partial charge on any atom is -0.492 e. The molecule has 0 atom stereocenters. The normalized spacial score (nSPS) is 11.4. The molecule has 0 aliphatic carbocycles. The molecule has 0 aliphatic heterocycles. The molecule has 0 aliphatic rings. The average Bonchev–Trinajstić information content (AvgIpc) is 2.96. The predicted molar refractivity (Wildman–Crippen MR) is 163 cm³/mol. The molecular formula is C37H26O2. The largest absolute Gasteiger partial charge is 0.492 e. The summed E-state index contributed by atoms with van der Waals surface area (Å²) in [5.74, 6) is 1.81. The summed E-state index contributed by atoms with van der Waals surface area (Å²) in [6.07, 6.45) is 0. The SMILES string of the molecule is COc1c(OC)c2ccc3c#cc4cccc5c(C(C)C)c6cccc(c#cc7ccc1c(c7)c2c3)c6cc45. The van der Waals surface area contributed by atoms with Crippen LogP contribution in [-0.2, 0) is 0 Å². The van der Waals surface area contributed by atoms with Gasteiger partial charge in [-0.3, -0.25) is 0 Å². The number of benzene rings is 6.